The van der Waals surface area contributed by atoms with Crippen molar-refractivity contribution in [1.29, 1.82) is 0 Å². The summed E-state index contributed by atoms with van der Waals surface area (Å²) >= 11 is 0. The molecule has 0 aliphatic rings. The molecule has 0 atom stereocenters. The second kappa shape index (κ2) is 2.67. The fraction of sp³-hybridized carbons (Fsp3) is 0. The second-order valence-electron chi connectivity index (χ2n) is 1.53. The summed E-state index contributed by atoms with van der Waals surface area (Å²) in [6.07, 6.45) is 0. The summed E-state index contributed by atoms with van der Waals surface area (Å²) in [5.41, 5.74) is 12.3. The maximum absolute atomic E-state index is 10.5. The fourth-order valence-electron chi connectivity index (χ4n) is 0.479. The van der Waals surface area contributed by atoms with E-state index in [9.17, 15) is 4.79 Å². The molecule has 11 heavy (non-hydrogen) atoms. The van der Waals surface area contributed by atoms with Gasteiger partial charge < -0.3 is 5.73 Å². The lowest BCUT2D eigenvalue weighted by atomic mass is 10.9. The zero-order valence-electron chi connectivity index (χ0n) is 5.22. The quantitative estimate of drug-likeness (QED) is 0.325. The molecular formula is C3H3N7O. The first-order chi connectivity index (χ1) is 5.22. The molecule has 56 valence electrons. The van der Waals surface area contributed by atoms with Gasteiger partial charge in [-0.25, -0.2) is 4.79 Å². The molecule has 0 amide bonds. The fourth-order valence-corrected chi connectivity index (χ4v) is 0.479. The Labute approximate surface area is 59.7 Å². The molecule has 0 saturated carbocycles. The van der Waals surface area contributed by atoms with Gasteiger partial charge in [0, 0.05) is 4.91 Å². The lowest BCUT2D eigenvalue weighted by molar-refractivity contribution is 0.989. The Hall–Kier alpha value is -2.08. The number of aromatic amines is 1. The van der Waals surface area contributed by atoms with Crippen LogP contribution in [-0.2, 0) is 0 Å². The van der Waals surface area contributed by atoms with Crippen LogP contribution in [0.1, 0.15) is 0 Å². The van der Waals surface area contributed by atoms with Gasteiger partial charge in [-0.3, -0.25) is 4.98 Å². The van der Waals surface area contributed by atoms with Crippen LogP contribution >= 0.6 is 0 Å². The van der Waals surface area contributed by atoms with Gasteiger partial charge in [0.25, 0.3) is 0 Å². The summed E-state index contributed by atoms with van der Waals surface area (Å²) in [6.45, 7) is 0. The number of nitrogen functional groups attached to an aromatic ring is 1. The average molecular weight is 153 g/mol. The Balaban J connectivity index is 3.29. The predicted octanol–water partition coefficient (Wildman–Crippen LogP) is -0.311. The van der Waals surface area contributed by atoms with Gasteiger partial charge >= 0.3 is 5.69 Å². The molecule has 0 spiro atoms. The third-order valence-corrected chi connectivity index (χ3v) is 0.795. The number of hydrogen-bond donors (Lipinski definition) is 2. The van der Waals surface area contributed by atoms with E-state index >= 15 is 0 Å². The maximum Gasteiger partial charge on any atom is 0.349 e. The molecule has 0 saturated heterocycles. The molecule has 0 bridgehead atoms. The Kier molecular flexibility index (Phi) is 1.71. The van der Waals surface area contributed by atoms with E-state index in [0.29, 0.717) is 0 Å². The summed E-state index contributed by atoms with van der Waals surface area (Å²) in [4.78, 5) is 21.6. The van der Waals surface area contributed by atoms with E-state index in [1.165, 1.54) is 0 Å². The lowest BCUT2D eigenvalue weighted by Gasteiger charge is -1.89. The number of rotatable bonds is 1. The van der Waals surface area contributed by atoms with Crippen molar-refractivity contribution in [1.82, 2.24) is 15.0 Å². The number of nitrogens with two attached hydrogens (primary N) is 1. The number of aromatic nitrogens is 3. The summed E-state index contributed by atoms with van der Waals surface area (Å²) in [5, 5.41) is 3.02. The van der Waals surface area contributed by atoms with Crippen molar-refractivity contribution in [2.24, 2.45) is 5.11 Å². The van der Waals surface area contributed by atoms with Crippen molar-refractivity contribution < 1.29 is 0 Å². The number of nitrogens with zero attached hydrogens (tertiary/aromatic N) is 5. The molecule has 0 aliphatic heterocycles. The third-order valence-electron chi connectivity index (χ3n) is 0.795. The molecule has 1 heterocycles. The van der Waals surface area contributed by atoms with Crippen LogP contribution in [0.15, 0.2) is 9.91 Å². The highest BCUT2D eigenvalue weighted by atomic mass is 16.1. The van der Waals surface area contributed by atoms with Gasteiger partial charge in [0.05, 0.1) is 0 Å². The lowest BCUT2D eigenvalue weighted by Crippen LogP contribution is -2.13. The van der Waals surface area contributed by atoms with E-state index in [2.05, 4.69) is 25.0 Å². The van der Waals surface area contributed by atoms with Crippen molar-refractivity contribution in [3.63, 3.8) is 0 Å². The van der Waals surface area contributed by atoms with E-state index in [0.717, 1.165) is 0 Å². The molecular weight excluding hydrogens is 150 g/mol. The van der Waals surface area contributed by atoms with E-state index in [4.69, 9.17) is 11.3 Å². The van der Waals surface area contributed by atoms with Gasteiger partial charge in [-0.2, -0.15) is 9.97 Å². The van der Waals surface area contributed by atoms with Gasteiger partial charge in [0.2, 0.25) is 11.9 Å². The first-order valence-electron chi connectivity index (χ1n) is 2.51. The highest BCUT2D eigenvalue weighted by Gasteiger charge is 1.94. The number of anilines is 1. The molecule has 1 aromatic rings. The van der Waals surface area contributed by atoms with Crippen LogP contribution in [0, 0.1) is 0 Å². The van der Waals surface area contributed by atoms with Crippen LogP contribution in [-0.4, -0.2) is 15.0 Å². The van der Waals surface area contributed by atoms with Crippen molar-refractivity contribution in [3.8, 4) is 0 Å². The first kappa shape index (κ1) is 7.03. The Morgan fingerprint density at radius 2 is 2.36 bits per heavy atom. The third kappa shape index (κ3) is 1.66. The highest BCUT2D eigenvalue weighted by molar-refractivity contribution is 5.22. The number of hydrogen-bond acceptors (Lipinski definition) is 5. The maximum atomic E-state index is 10.5. The minimum absolute atomic E-state index is 0.190. The molecule has 8 nitrogen and oxygen atoms in total. The van der Waals surface area contributed by atoms with Crippen molar-refractivity contribution in [2.75, 3.05) is 5.73 Å². The molecule has 3 N–H and O–H groups in total. The number of nitrogens with one attached hydrogen (secondary N) is 1. The van der Waals surface area contributed by atoms with Gasteiger partial charge in [0.15, 0.2) is 0 Å². The van der Waals surface area contributed by atoms with Crippen LogP contribution in [0.3, 0.4) is 0 Å². The Morgan fingerprint density at radius 1 is 1.64 bits per heavy atom. The molecule has 0 fully saturated rings. The zero-order chi connectivity index (χ0) is 8.27. The SMILES string of the molecule is [N-]=[N+]=Nc1nc(N)nc(=O)[nH]1. The molecule has 0 aromatic carbocycles. The minimum Gasteiger partial charge on any atom is -0.368 e. The summed E-state index contributed by atoms with van der Waals surface area (Å²) in [7, 11) is 0. The van der Waals surface area contributed by atoms with Gasteiger partial charge in [-0.15, -0.1) is 0 Å². The van der Waals surface area contributed by atoms with Gasteiger partial charge in [-0.05, 0) is 10.6 Å². The predicted molar refractivity (Wildman–Crippen MR) is 35.9 cm³/mol. The van der Waals surface area contributed by atoms with Gasteiger partial charge in [0.1, 0.15) is 0 Å². The second-order valence-corrected chi connectivity index (χ2v) is 1.53. The van der Waals surface area contributed by atoms with E-state index < -0.39 is 5.69 Å². The van der Waals surface area contributed by atoms with E-state index in [-0.39, 0.29) is 11.9 Å². The Morgan fingerprint density at radius 3 is 2.91 bits per heavy atom. The topological polar surface area (TPSA) is 133 Å². The van der Waals surface area contributed by atoms with Crippen LogP contribution in [0.2, 0.25) is 0 Å². The number of azide groups is 1. The van der Waals surface area contributed by atoms with Gasteiger partial charge in [-0.1, -0.05) is 0 Å². The highest BCUT2D eigenvalue weighted by Crippen LogP contribution is 1.98. The van der Waals surface area contributed by atoms with Crippen LogP contribution < -0.4 is 11.4 Å². The van der Waals surface area contributed by atoms with E-state index in [1.54, 1.807) is 0 Å². The molecule has 0 unspecified atom stereocenters. The molecule has 0 aliphatic carbocycles. The standard InChI is InChI=1S/C3H3N7O/c4-1-6-2(9-10-5)8-3(11)7-1/h(H3,4,6,7,8,11). The molecule has 1 aromatic heterocycles. The summed E-state index contributed by atoms with van der Waals surface area (Å²) < 4.78 is 0. The number of H-pyrrole nitrogens is 1. The molecule has 1 rings (SSSR count). The van der Waals surface area contributed by atoms with Crippen LogP contribution in [0.25, 0.3) is 10.4 Å². The van der Waals surface area contributed by atoms with Crippen molar-refractivity contribution >= 4 is 11.9 Å². The van der Waals surface area contributed by atoms with Crippen LogP contribution in [0.4, 0.5) is 11.9 Å². The molecule has 8 heteroatoms. The summed E-state index contributed by atoms with van der Waals surface area (Å²) in [5.74, 6) is -0.416. The van der Waals surface area contributed by atoms with E-state index in [1.807, 2.05) is 0 Å². The smallest absolute Gasteiger partial charge is 0.349 e. The first-order valence-corrected chi connectivity index (χ1v) is 2.51. The minimum atomic E-state index is -0.695. The monoisotopic (exact) mass is 153 g/mol. The summed E-state index contributed by atoms with van der Waals surface area (Å²) in [6, 6.07) is 0. The van der Waals surface area contributed by atoms with Crippen LogP contribution in [0.5, 0.6) is 0 Å². The van der Waals surface area contributed by atoms with Crippen molar-refractivity contribution in [2.45, 2.75) is 0 Å². The molecule has 0 radical (unpaired) electrons. The van der Waals surface area contributed by atoms with Crippen molar-refractivity contribution in [3.05, 3.63) is 20.9 Å². The normalized spacial score (nSPS) is 8.73. The average Bonchev–Trinajstić information content (AvgIpc) is 1.85. The largest absolute Gasteiger partial charge is 0.368 e. The Bertz CT molecular complexity index is 360. The zero-order valence-corrected chi connectivity index (χ0v) is 5.22.